The fourth-order valence-corrected chi connectivity index (χ4v) is 1.94. The Balaban J connectivity index is 2.18. The predicted molar refractivity (Wildman–Crippen MR) is 80.7 cm³/mol. The summed E-state index contributed by atoms with van der Waals surface area (Å²) in [4.78, 5) is 24.8. The first-order chi connectivity index (χ1) is 10.2. The highest BCUT2D eigenvalue weighted by Crippen LogP contribution is 2.17. The molecular formula is C17H17NO3. The fourth-order valence-electron chi connectivity index (χ4n) is 1.94. The molecule has 0 fully saturated rings. The average molecular weight is 283 g/mol. The monoisotopic (exact) mass is 283 g/mol. The first kappa shape index (κ1) is 14.8. The minimum atomic E-state index is -0.462. The topological polar surface area (TPSA) is 46.6 Å². The number of benzene rings is 2. The Morgan fingerprint density at radius 2 is 1.52 bits per heavy atom. The highest BCUT2D eigenvalue weighted by Gasteiger charge is 2.17. The van der Waals surface area contributed by atoms with Gasteiger partial charge in [0.1, 0.15) is 0 Å². The van der Waals surface area contributed by atoms with E-state index in [1.807, 2.05) is 60.7 Å². The lowest BCUT2D eigenvalue weighted by molar-refractivity contribution is -0.145. The van der Waals surface area contributed by atoms with Gasteiger partial charge in [-0.1, -0.05) is 48.5 Å². The molecule has 4 nitrogen and oxygen atoms in total. The van der Waals surface area contributed by atoms with Crippen molar-refractivity contribution < 1.29 is 14.3 Å². The van der Waals surface area contributed by atoms with Gasteiger partial charge in [-0.2, -0.15) is 0 Å². The summed E-state index contributed by atoms with van der Waals surface area (Å²) < 4.78 is 4.81. The Morgan fingerprint density at radius 1 is 0.952 bits per heavy atom. The van der Waals surface area contributed by atoms with Crippen LogP contribution in [0.1, 0.15) is 12.5 Å². The number of ether oxygens (including phenoxy) is 1. The minimum absolute atomic E-state index is 0.250. The summed E-state index contributed by atoms with van der Waals surface area (Å²) in [5, 5.41) is 0. The lowest BCUT2D eigenvalue weighted by Crippen LogP contribution is -2.34. The molecule has 0 heterocycles. The molecule has 0 aromatic heterocycles. The summed E-state index contributed by atoms with van der Waals surface area (Å²) in [6, 6.07) is 19.0. The summed E-state index contributed by atoms with van der Waals surface area (Å²) >= 11 is 0. The molecule has 0 bridgehead atoms. The van der Waals surface area contributed by atoms with E-state index in [4.69, 9.17) is 4.74 Å². The average Bonchev–Trinajstić information content (AvgIpc) is 2.52. The lowest BCUT2D eigenvalue weighted by Gasteiger charge is -2.22. The number of hydrogen-bond acceptors (Lipinski definition) is 3. The Morgan fingerprint density at radius 3 is 2.10 bits per heavy atom. The van der Waals surface area contributed by atoms with Gasteiger partial charge in [0.2, 0.25) is 0 Å². The van der Waals surface area contributed by atoms with Crippen molar-refractivity contribution in [2.24, 2.45) is 0 Å². The maximum atomic E-state index is 12.3. The summed E-state index contributed by atoms with van der Waals surface area (Å²) in [6.07, 6.45) is 0. The third-order valence-corrected chi connectivity index (χ3v) is 2.95. The van der Waals surface area contributed by atoms with Gasteiger partial charge >= 0.3 is 5.97 Å². The van der Waals surface area contributed by atoms with Gasteiger partial charge in [0, 0.05) is 12.6 Å². The van der Waals surface area contributed by atoms with Crippen LogP contribution in [0.25, 0.3) is 0 Å². The van der Waals surface area contributed by atoms with Crippen LogP contribution < -0.4 is 4.90 Å². The van der Waals surface area contributed by atoms with E-state index in [1.54, 1.807) is 4.90 Å². The van der Waals surface area contributed by atoms with Crippen molar-refractivity contribution in [2.45, 2.75) is 13.5 Å². The lowest BCUT2D eigenvalue weighted by atomic mass is 10.2. The van der Waals surface area contributed by atoms with Gasteiger partial charge < -0.3 is 9.64 Å². The summed E-state index contributed by atoms with van der Waals surface area (Å²) in [6.45, 7) is 1.47. The first-order valence-electron chi connectivity index (χ1n) is 6.69. The zero-order chi connectivity index (χ0) is 15.1. The number of esters is 1. The van der Waals surface area contributed by atoms with Gasteiger partial charge in [-0.3, -0.25) is 9.59 Å². The van der Waals surface area contributed by atoms with Crippen molar-refractivity contribution in [3.63, 3.8) is 0 Å². The van der Waals surface area contributed by atoms with E-state index in [9.17, 15) is 9.59 Å². The maximum Gasteiger partial charge on any atom is 0.303 e. The summed E-state index contributed by atoms with van der Waals surface area (Å²) in [5.41, 5.74) is 1.79. The molecule has 0 aliphatic rings. The first-order valence-corrected chi connectivity index (χ1v) is 6.69. The van der Waals surface area contributed by atoms with Crippen LogP contribution in [0.3, 0.4) is 0 Å². The standard InChI is InChI=1S/C17H17NO3/c1-14(19)21-13-17(20)18(16-10-6-3-7-11-16)12-15-8-4-2-5-9-15/h2-11H,12-13H2,1H3. The van der Waals surface area contributed by atoms with Crippen LogP contribution >= 0.6 is 0 Å². The highest BCUT2D eigenvalue weighted by molar-refractivity contribution is 5.95. The van der Waals surface area contributed by atoms with Crippen molar-refractivity contribution in [2.75, 3.05) is 11.5 Å². The van der Waals surface area contributed by atoms with Crippen LogP contribution in [0.4, 0.5) is 5.69 Å². The zero-order valence-corrected chi connectivity index (χ0v) is 11.9. The van der Waals surface area contributed by atoms with Gasteiger partial charge in [-0.15, -0.1) is 0 Å². The molecule has 2 aromatic rings. The summed E-state index contributed by atoms with van der Waals surface area (Å²) in [7, 11) is 0. The van der Waals surface area contributed by atoms with Crippen LogP contribution in [0.15, 0.2) is 60.7 Å². The molecule has 0 radical (unpaired) electrons. The molecule has 0 saturated carbocycles. The molecular weight excluding hydrogens is 266 g/mol. The quantitative estimate of drug-likeness (QED) is 0.793. The van der Waals surface area contributed by atoms with E-state index in [0.29, 0.717) is 6.54 Å². The number of nitrogens with zero attached hydrogens (tertiary/aromatic N) is 1. The smallest absolute Gasteiger partial charge is 0.303 e. The predicted octanol–water partition coefficient (Wildman–Crippen LogP) is 2.78. The van der Waals surface area contributed by atoms with Gasteiger partial charge in [-0.05, 0) is 17.7 Å². The number of anilines is 1. The van der Waals surface area contributed by atoms with Gasteiger partial charge in [0.05, 0.1) is 6.54 Å². The molecule has 0 unspecified atom stereocenters. The summed E-state index contributed by atoms with van der Waals surface area (Å²) in [5.74, 6) is -0.712. The molecule has 0 spiro atoms. The second-order valence-electron chi connectivity index (χ2n) is 4.58. The van der Waals surface area contributed by atoms with Crippen LogP contribution in [-0.4, -0.2) is 18.5 Å². The van der Waals surface area contributed by atoms with E-state index in [-0.39, 0.29) is 12.5 Å². The molecule has 4 heteroatoms. The SMILES string of the molecule is CC(=O)OCC(=O)N(Cc1ccccc1)c1ccccc1. The van der Waals surface area contributed by atoms with Gasteiger partial charge in [-0.25, -0.2) is 0 Å². The second-order valence-corrected chi connectivity index (χ2v) is 4.58. The van der Waals surface area contributed by atoms with Gasteiger partial charge in [0.25, 0.3) is 5.91 Å². The van der Waals surface area contributed by atoms with Crippen LogP contribution in [-0.2, 0) is 20.9 Å². The van der Waals surface area contributed by atoms with E-state index < -0.39 is 5.97 Å². The maximum absolute atomic E-state index is 12.3. The normalized spacial score (nSPS) is 9.95. The van der Waals surface area contributed by atoms with E-state index in [1.165, 1.54) is 6.92 Å². The van der Waals surface area contributed by atoms with E-state index in [0.717, 1.165) is 11.3 Å². The van der Waals surface area contributed by atoms with Gasteiger partial charge in [0.15, 0.2) is 6.61 Å². The second kappa shape index (κ2) is 7.24. The Kier molecular flexibility index (Phi) is 5.10. The highest BCUT2D eigenvalue weighted by atomic mass is 16.5. The van der Waals surface area contributed by atoms with Crippen LogP contribution in [0, 0.1) is 0 Å². The Labute approximate surface area is 124 Å². The molecule has 0 saturated heterocycles. The molecule has 108 valence electrons. The van der Waals surface area contributed by atoms with Crippen molar-refractivity contribution in [3.8, 4) is 0 Å². The van der Waals surface area contributed by atoms with Crippen molar-refractivity contribution in [1.82, 2.24) is 0 Å². The van der Waals surface area contributed by atoms with Crippen molar-refractivity contribution in [3.05, 3.63) is 66.2 Å². The third-order valence-electron chi connectivity index (χ3n) is 2.95. The third kappa shape index (κ3) is 4.45. The number of rotatable bonds is 5. The minimum Gasteiger partial charge on any atom is -0.456 e. The Bertz CT molecular complexity index is 596. The van der Waals surface area contributed by atoms with Crippen molar-refractivity contribution in [1.29, 1.82) is 0 Å². The number of carbonyl (C=O) groups is 2. The largest absolute Gasteiger partial charge is 0.456 e. The van der Waals surface area contributed by atoms with E-state index >= 15 is 0 Å². The molecule has 2 rings (SSSR count). The number of hydrogen-bond donors (Lipinski definition) is 0. The molecule has 0 aliphatic heterocycles. The molecule has 0 N–H and O–H groups in total. The number of amides is 1. The molecule has 0 aliphatic carbocycles. The van der Waals surface area contributed by atoms with Crippen LogP contribution in [0.5, 0.6) is 0 Å². The number of para-hydroxylation sites is 1. The Hall–Kier alpha value is -2.62. The van der Waals surface area contributed by atoms with Crippen LogP contribution in [0.2, 0.25) is 0 Å². The zero-order valence-electron chi connectivity index (χ0n) is 11.9. The number of carbonyl (C=O) groups excluding carboxylic acids is 2. The van der Waals surface area contributed by atoms with E-state index in [2.05, 4.69) is 0 Å². The molecule has 1 amide bonds. The molecule has 0 atom stereocenters. The molecule has 21 heavy (non-hydrogen) atoms. The molecule has 2 aromatic carbocycles. The van der Waals surface area contributed by atoms with Crippen molar-refractivity contribution >= 4 is 17.6 Å². The fraction of sp³-hybridized carbons (Fsp3) is 0.176.